The second kappa shape index (κ2) is 7.45. The molecule has 0 radical (unpaired) electrons. The number of nitrogens with one attached hydrogen (secondary N) is 1. The van der Waals surface area contributed by atoms with Gasteiger partial charge in [-0.25, -0.2) is 0 Å². The maximum Gasteiger partial charge on any atom is 0.221 e. The molecule has 0 aliphatic heterocycles. The fraction of sp³-hybridized carbons (Fsp3) is 0.615. The van der Waals surface area contributed by atoms with Gasteiger partial charge in [0.05, 0.1) is 0 Å². The molecule has 0 fully saturated rings. The highest BCUT2D eigenvalue weighted by Crippen LogP contribution is 2.11. The Morgan fingerprint density at radius 2 is 2.35 bits per heavy atom. The normalized spacial score (nSPS) is 14.3. The van der Waals surface area contributed by atoms with Crippen molar-refractivity contribution < 1.29 is 4.79 Å². The molecular weight excluding hydrogens is 232 g/mol. The third kappa shape index (κ3) is 5.84. The molecule has 1 rings (SSSR count). The number of thiophene rings is 1. The van der Waals surface area contributed by atoms with E-state index in [1.54, 1.807) is 11.3 Å². The smallest absolute Gasteiger partial charge is 0.221 e. The molecule has 0 aliphatic rings. The number of hydrogen-bond donors (Lipinski definition) is 2. The van der Waals surface area contributed by atoms with E-state index in [-0.39, 0.29) is 18.0 Å². The lowest BCUT2D eigenvalue weighted by Gasteiger charge is -2.15. The predicted molar refractivity (Wildman–Crippen MR) is 73.1 cm³/mol. The molecule has 2 atom stereocenters. The molecule has 0 aromatic carbocycles. The fourth-order valence-corrected chi connectivity index (χ4v) is 2.66. The van der Waals surface area contributed by atoms with Gasteiger partial charge >= 0.3 is 0 Å². The topological polar surface area (TPSA) is 55.1 Å². The molecule has 0 aliphatic carbocycles. The Balaban J connectivity index is 2.26. The van der Waals surface area contributed by atoms with Crippen molar-refractivity contribution in [2.75, 3.05) is 0 Å². The Hall–Kier alpha value is -0.870. The van der Waals surface area contributed by atoms with E-state index < -0.39 is 0 Å². The second-order valence-electron chi connectivity index (χ2n) is 4.50. The fourth-order valence-electron chi connectivity index (χ4n) is 1.83. The third-order valence-electron chi connectivity index (χ3n) is 2.60. The van der Waals surface area contributed by atoms with Crippen LogP contribution in [0.1, 0.15) is 38.0 Å². The van der Waals surface area contributed by atoms with Crippen LogP contribution in [0.5, 0.6) is 0 Å². The van der Waals surface area contributed by atoms with Gasteiger partial charge in [-0.15, -0.1) is 11.3 Å². The van der Waals surface area contributed by atoms with Crippen LogP contribution in [0.25, 0.3) is 0 Å². The van der Waals surface area contributed by atoms with E-state index in [9.17, 15) is 4.79 Å². The molecule has 3 nitrogen and oxygen atoms in total. The average molecular weight is 254 g/mol. The largest absolute Gasteiger partial charge is 0.353 e. The van der Waals surface area contributed by atoms with Crippen molar-refractivity contribution in [3.63, 3.8) is 0 Å². The maximum atomic E-state index is 11.7. The number of rotatable bonds is 7. The predicted octanol–water partition coefficient (Wildman–Crippen LogP) is 2.31. The minimum absolute atomic E-state index is 0.00561. The van der Waals surface area contributed by atoms with Gasteiger partial charge < -0.3 is 11.1 Å². The molecule has 1 aromatic rings. The second-order valence-corrected chi connectivity index (χ2v) is 5.54. The monoisotopic (exact) mass is 254 g/mol. The summed E-state index contributed by atoms with van der Waals surface area (Å²) >= 11 is 1.72. The van der Waals surface area contributed by atoms with E-state index in [1.165, 1.54) is 4.88 Å². The lowest BCUT2D eigenvalue weighted by molar-refractivity contribution is -0.122. The molecule has 3 N–H and O–H groups in total. The lowest BCUT2D eigenvalue weighted by atomic mass is 10.1. The van der Waals surface area contributed by atoms with Crippen LogP contribution in [-0.2, 0) is 11.2 Å². The molecule has 1 aromatic heterocycles. The van der Waals surface area contributed by atoms with Crippen LogP contribution < -0.4 is 11.1 Å². The summed E-state index contributed by atoms with van der Waals surface area (Å²) in [5, 5.41) is 5.05. The van der Waals surface area contributed by atoms with E-state index in [0.717, 1.165) is 19.3 Å². The zero-order chi connectivity index (χ0) is 12.7. The summed E-state index contributed by atoms with van der Waals surface area (Å²) in [7, 11) is 0. The molecular formula is C13H22N2OS. The van der Waals surface area contributed by atoms with Crippen molar-refractivity contribution in [1.82, 2.24) is 5.32 Å². The SMILES string of the molecule is CCCC(N)CC(=O)NC(C)Cc1cccs1. The summed E-state index contributed by atoms with van der Waals surface area (Å²) in [4.78, 5) is 13.0. The van der Waals surface area contributed by atoms with E-state index in [2.05, 4.69) is 23.7 Å². The number of amides is 1. The zero-order valence-corrected chi connectivity index (χ0v) is 11.4. The highest BCUT2D eigenvalue weighted by atomic mass is 32.1. The van der Waals surface area contributed by atoms with Gasteiger partial charge in [0.25, 0.3) is 0 Å². The van der Waals surface area contributed by atoms with Crippen molar-refractivity contribution in [3.8, 4) is 0 Å². The maximum absolute atomic E-state index is 11.7. The molecule has 96 valence electrons. The van der Waals surface area contributed by atoms with Crippen molar-refractivity contribution in [2.24, 2.45) is 5.73 Å². The number of nitrogens with two attached hydrogens (primary N) is 1. The molecule has 17 heavy (non-hydrogen) atoms. The van der Waals surface area contributed by atoms with Gasteiger partial charge in [0, 0.05) is 29.8 Å². The highest BCUT2D eigenvalue weighted by molar-refractivity contribution is 7.09. The van der Waals surface area contributed by atoms with Crippen molar-refractivity contribution >= 4 is 17.2 Å². The first-order chi connectivity index (χ1) is 8.11. The Bertz CT molecular complexity index is 324. The van der Waals surface area contributed by atoms with Gasteiger partial charge in [-0.05, 0) is 24.8 Å². The first kappa shape index (κ1) is 14.2. The minimum Gasteiger partial charge on any atom is -0.353 e. The Labute approximate surface area is 107 Å². The minimum atomic E-state index is -0.00561. The van der Waals surface area contributed by atoms with Gasteiger partial charge in [-0.3, -0.25) is 4.79 Å². The molecule has 1 heterocycles. The van der Waals surface area contributed by atoms with E-state index in [0.29, 0.717) is 6.42 Å². The van der Waals surface area contributed by atoms with Crippen molar-refractivity contribution in [2.45, 2.75) is 51.6 Å². The molecule has 1 amide bonds. The van der Waals surface area contributed by atoms with Crippen molar-refractivity contribution in [3.05, 3.63) is 22.4 Å². The first-order valence-corrected chi connectivity index (χ1v) is 7.07. The number of hydrogen-bond acceptors (Lipinski definition) is 3. The highest BCUT2D eigenvalue weighted by Gasteiger charge is 2.12. The third-order valence-corrected chi connectivity index (χ3v) is 3.50. The summed E-state index contributed by atoms with van der Waals surface area (Å²) < 4.78 is 0. The molecule has 0 bridgehead atoms. The number of carbonyl (C=O) groups is 1. The average Bonchev–Trinajstić information content (AvgIpc) is 2.69. The van der Waals surface area contributed by atoms with E-state index in [1.807, 2.05) is 13.0 Å². The summed E-state index contributed by atoms with van der Waals surface area (Å²) in [5.41, 5.74) is 5.84. The standard InChI is InChI=1S/C13H22N2OS/c1-3-5-11(14)9-13(16)15-10(2)8-12-6-4-7-17-12/h4,6-7,10-11H,3,5,8-9,14H2,1-2H3,(H,15,16). The molecule has 2 unspecified atom stereocenters. The number of carbonyl (C=O) groups excluding carboxylic acids is 1. The van der Waals surface area contributed by atoms with Crippen molar-refractivity contribution in [1.29, 1.82) is 0 Å². The summed E-state index contributed by atoms with van der Waals surface area (Å²) in [6.45, 7) is 4.11. The zero-order valence-electron chi connectivity index (χ0n) is 10.6. The van der Waals surface area contributed by atoms with Crippen LogP contribution >= 0.6 is 11.3 Å². The van der Waals surface area contributed by atoms with E-state index >= 15 is 0 Å². The van der Waals surface area contributed by atoms with Crippen LogP contribution in [0.3, 0.4) is 0 Å². The summed E-state index contributed by atoms with van der Waals surface area (Å²) in [6.07, 6.45) is 3.26. The first-order valence-electron chi connectivity index (χ1n) is 6.19. The van der Waals surface area contributed by atoms with Crippen LogP contribution in [0.15, 0.2) is 17.5 Å². The van der Waals surface area contributed by atoms with Crippen LogP contribution in [0.4, 0.5) is 0 Å². The Morgan fingerprint density at radius 1 is 1.59 bits per heavy atom. The molecule has 0 saturated carbocycles. The van der Waals surface area contributed by atoms with E-state index in [4.69, 9.17) is 5.73 Å². The summed E-state index contributed by atoms with van der Waals surface area (Å²) in [5.74, 6) is 0.0648. The van der Waals surface area contributed by atoms with Gasteiger partial charge in [0.15, 0.2) is 0 Å². The molecule has 0 spiro atoms. The lowest BCUT2D eigenvalue weighted by Crippen LogP contribution is -2.37. The van der Waals surface area contributed by atoms with Crippen LogP contribution in [0, 0.1) is 0 Å². The van der Waals surface area contributed by atoms with Gasteiger partial charge in [-0.2, -0.15) is 0 Å². The molecule has 0 saturated heterocycles. The van der Waals surface area contributed by atoms with Crippen LogP contribution in [0.2, 0.25) is 0 Å². The Kier molecular flexibility index (Phi) is 6.22. The van der Waals surface area contributed by atoms with Crippen LogP contribution in [-0.4, -0.2) is 18.0 Å². The summed E-state index contributed by atoms with van der Waals surface area (Å²) in [6, 6.07) is 4.30. The van der Waals surface area contributed by atoms with Gasteiger partial charge in [0.2, 0.25) is 5.91 Å². The Morgan fingerprint density at radius 3 is 2.94 bits per heavy atom. The quantitative estimate of drug-likeness (QED) is 0.784. The van der Waals surface area contributed by atoms with Gasteiger partial charge in [-0.1, -0.05) is 19.4 Å². The van der Waals surface area contributed by atoms with Gasteiger partial charge in [0.1, 0.15) is 0 Å². The molecule has 4 heteroatoms.